The first-order chi connectivity index (χ1) is 7.58. The Kier molecular flexibility index (Phi) is 3.86. The summed E-state index contributed by atoms with van der Waals surface area (Å²) in [6.07, 6.45) is -0.0188. The summed E-state index contributed by atoms with van der Waals surface area (Å²) in [7, 11) is 0. The van der Waals surface area contributed by atoms with Gasteiger partial charge in [-0.3, -0.25) is 10.2 Å². The summed E-state index contributed by atoms with van der Waals surface area (Å²) in [5.74, 6) is 5.05. The predicted octanol–water partition coefficient (Wildman–Crippen LogP) is 1.63. The summed E-state index contributed by atoms with van der Waals surface area (Å²) in [6.45, 7) is 10.7. The molecule has 3 N–H and O–H groups in total. The molecule has 84 valence electrons. The lowest BCUT2D eigenvalue weighted by molar-refractivity contribution is 0.0953. The maximum atomic E-state index is 11.2. The van der Waals surface area contributed by atoms with E-state index in [1.807, 2.05) is 19.3 Å². The Balaban J connectivity index is 3.08. The van der Waals surface area contributed by atoms with Gasteiger partial charge in [-0.2, -0.15) is 0 Å². The van der Waals surface area contributed by atoms with Crippen molar-refractivity contribution in [3.63, 3.8) is 0 Å². The molecule has 0 fully saturated rings. The van der Waals surface area contributed by atoms with Gasteiger partial charge in [-0.15, -0.1) is 0 Å². The van der Waals surface area contributed by atoms with Crippen molar-refractivity contribution in [2.45, 2.75) is 20.0 Å². The Morgan fingerprint density at radius 2 is 2.25 bits per heavy atom. The number of benzene rings is 1. The molecule has 0 bridgehead atoms. The quantitative estimate of drug-likeness (QED) is 0.351. The Hall–Kier alpha value is -2.06. The summed E-state index contributed by atoms with van der Waals surface area (Å²) >= 11 is 0. The molecule has 0 radical (unpaired) electrons. The number of nitrogens with two attached hydrogens (primary N) is 1. The Labute approximate surface area is 94.0 Å². The minimum atomic E-state index is -0.430. The van der Waals surface area contributed by atoms with Crippen molar-refractivity contribution >= 4 is 11.6 Å². The van der Waals surface area contributed by atoms with Crippen LogP contribution in [0.2, 0.25) is 0 Å². The maximum absolute atomic E-state index is 11.2. The van der Waals surface area contributed by atoms with E-state index in [2.05, 4.69) is 4.85 Å². The molecule has 5 heteroatoms. The van der Waals surface area contributed by atoms with Gasteiger partial charge in [0, 0.05) is 5.56 Å². The number of nitrogens with one attached hydrogen (secondary N) is 1. The molecule has 0 saturated heterocycles. The van der Waals surface area contributed by atoms with E-state index in [9.17, 15) is 4.79 Å². The minimum absolute atomic E-state index is 0.0188. The monoisotopic (exact) mass is 219 g/mol. The van der Waals surface area contributed by atoms with Gasteiger partial charge >= 0.3 is 0 Å². The maximum Gasteiger partial charge on any atom is 0.263 e. The molecule has 0 atom stereocenters. The lowest BCUT2D eigenvalue weighted by Gasteiger charge is -2.11. The molecule has 1 amide bonds. The Bertz CT molecular complexity index is 435. The lowest BCUT2D eigenvalue weighted by atomic mass is 10.2. The molecular formula is C11H13N3O2. The van der Waals surface area contributed by atoms with Gasteiger partial charge in [0.05, 0.1) is 12.7 Å². The van der Waals surface area contributed by atoms with Crippen molar-refractivity contribution in [1.29, 1.82) is 0 Å². The molecule has 0 aromatic heterocycles. The molecule has 0 aliphatic heterocycles. The van der Waals surface area contributed by atoms with Gasteiger partial charge in [-0.25, -0.2) is 10.7 Å². The SMILES string of the molecule is [C-]#[N+]c1cc(C(=O)NN)ccc1OC(C)C. The van der Waals surface area contributed by atoms with E-state index in [-0.39, 0.29) is 6.10 Å². The van der Waals surface area contributed by atoms with Gasteiger partial charge in [0.1, 0.15) is 5.75 Å². The molecule has 1 aromatic rings. The fourth-order valence-electron chi connectivity index (χ4n) is 1.18. The van der Waals surface area contributed by atoms with E-state index in [0.717, 1.165) is 0 Å². The molecule has 1 aromatic carbocycles. The van der Waals surface area contributed by atoms with Crippen LogP contribution in [-0.2, 0) is 0 Å². The highest BCUT2D eigenvalue weighted by molar-refractivity contribution is 5.95. The average Bonchev–Trinajstić information content (AvgIpc) is 2.27. The zero-order valence-electron chi connectivity index (χ0n) is 9.15. The van der Waals surface area contributed by atoms with Crippen LogP contribution in [0.3, 0.4) is 0 Å². The largest absolute Gasteiger partial charge is 0.502 e. The van der Waals surface area contributed by atoms with Crippen molar-refractivity contribution < 1.29 is 9.53 Å². The van der Waals surface area contributed by atoms with Gasteiger partial charge in [0.2, 0.25) is 5.69 Å². The first-order valence-electron chi connectivity index (χ1n) is 4.77. The molecule has 1 rings (SSSR count). The molecular weight excluding hydrogens is 206 g/mol. The van der Waals surface area contributed by atoms with Crippen LogP contribution in [0.1, 0.15) is 24.2 Å². The standard InChI is InChI=1S/C11H13N3O2/c1-7(2)16-10-5-4-8(11(15)14-12)6-9(10)13-3/h4-7H,12H2,1-2H3,(H,14,15). The molecule has 0 aliphatic rings. The highest BCUT2D eigenvalue weighted by Gasteiger charge is 2.10. The molecule has 0 unspecified atom stereocenters. The van der Waals surface area contributed by atoms with E-state index >= 15 is 0 Å². The molecule has 16 heavy (non-hydrogen) atoms. The third-order valence-electron chi connectivity index (χ3n) is 1.84. The van der Waals surface area contributed by atoms with E-state index < -0.39 is 5.91 Å². The van der Waals surface area contributed by atoms with Crippen molar-refractivity contribution in [2.24, 2.45) is 5.84 Å². The smallest absolute Gasteiger partial charge is 0.263 e. The number of hydrogen-bond acceptors (Lipinski definition) is 3. The first kappa shape index (κ1) is 12.0. The lowest BCUT2D eigenvalue weighted by Crippen LogP contribution is -2.29. The van der Waals surface area contributed by atoms with Gasteiger partial charge in [0.25, 0.3) is 5.91 Å². The van der Waals surface area contributed by atoms with E-state index in [0.29, 0.717) is 17.0 Å². The number of nitrogens with zero attached hydrogens (tertiary/aromatic N) is 1. The predicted molar refractivity (Wildman–Crippen MR) is 60.1 cm³/mol. The summed E-state index contributed by atoms with van der Waals surface area (Å²) in [5, 5.41) is 0. The Morgan fingerprint density at radius 3 is 2.75 bits per heavy atom. The van der Waals surface area contributed by atoms with Crippen LogP contribution in [0.5, 0.6) is 5.75 Å². The first-order valence-corrected chi connectivity index (χ1v) is 4.77. The van der Waals surface area contributed by atoms with Crippen molar-refractivity contribution in [3.8, 4) is 5.75 Å². The number of carbonyl (C=O) groups excluding carboxylic acids is 1. The molecule has 0 heterocycles. The minimum Gasteiger partial charge on any atom is -0.502 e. The summed E-state index contributed by atoms with van der Waals surface area (Å²) in [4.78, 5) is 14.5. The van der Waals surface area contributed by atoms with Gasteiger partial charge in [-0.05, 0) is 32.0 Å². The number of carbonyl (C=O) groups is 1. The Morgan fingerprint density at radius 1 is 1.56 bits per heavy atom. The van der Waals surface area contributed by atoms with Crippen LogP contribution in [0, 0.1) is 6.57 Å². The molecule has 0 saturated carbocycles. The normalized spacial score (nSPS) is 9.69. The fraction of sp³-hybridized carbons (Fsp3) is 0.273. The van der Waals surface area contributed by atoms with Gasteiger partial charge in [-0.1, -0.05) is 0 Å². The summed E-state index contributed by atoms with van der Waals surface area (Å²) < 4.78 is 5.43. The summed E-state index contributed by atoms with van der Waals surface area (Å²) in [6, 6.07) is 4.61. The van der Waals surface area contributed by atoms with Crippen LogP contribution in [0.15, 0.2) is 18.2 Å². The number of hydrazine groups is 1. The summed E-state index contributed by atoms with van der Waals surface area (Å²) in [5.41, 5.74) is 2.65. The van der Waals surface area contributed by atoms with E-state index in [4.69, 9.17) is 17.2 Å². The van der Waals surface area contributed by atoms with Crippen LogP contribution >= 0.6 is 0 Å². The van der Waals surface area contributed by atoms with E-state index in [1.165, 1.54) is 6.07 Å². The number of amides is 1. The van der Waals surface area contributed by atoms with Crippen molar-refractivity contribution in [2.75, 3.05) is 0 Å². The zero-order valence-corrected chi connectivity index (χ0v) is 9.15. The van der Waals surface area contributed by atoms with Crippen LogP contribution in [0.25, 0.3) is 4.85 Å². The second kappa shape index (κ2) is 5.14. The fourth-order valence-corrected chi connectivity index (χ4v) is 1.18. The third kappa shape index (κ3) is 2.72. The highest BCUT2D eigenvalue weighted by Crippen LogP contribution is 2.29. The van der Waals surface area contributed by atoms with E-state index in [1.54, 1.807) is 12.1 Å². The average molecular weight is 219 g/mol. The van der Waals surface area contributed by atoms with Crippen LogP contribution in [0.4, 0.5) is 5.69 Å². The third-order valence-corrected chi connectivity index (χ3v) is 1.84. The number of hydrogen-bond donors (Lipinski definition) is 2. The molecule has 0 spiro atoms. The zero-order chi connectivity index (χ0) is 12.1. The molecule has 0 aliphatic carbocycles. The van der Waals surface area contributed by atoms with Crippen LogP contribution in [-0.4, -0.2) is 12.0 Å². The highest BCUT2D eigenvalue weighted by atomic mass is 16.5. The number of rotatable bonds is 3. The number of ether oxygens (including phenoxy) is 1. The van der Waals surface area contributed by atoms with Gasteiger partial charge in [0.15, 0.2) is 0 Å². The topological polar surface area (TPSA) is 68.7 Å². The van der Waals surface area contributed by atoms with Crippen molar-refractivity contribution in [1.82, 2.24) is 5.43 Å². The van der Waals surface area contributed by atoms with Gasteiger partial charge < -0.3 is 4.74 Å². The van der Waals surface area contributed by atoms with Crippen LogP contribution < -0.4 is 16.0 Å². The second-order valence-corrected chi connectivity index (χ2v) is 3.43. The molecule has 5 nitrogen and oxygen atoms in total. The van der Waals surface area contributed by atoms with Crippen molar-refractivity contribution in [3.05, 3.63) is 35.2 Å². The second-order valence-electron chi connectivity index (χ2n) is 3.43. The number of nitrogen functional groups attached to an aromatic ring is 1.